The summed E-state index contributed by atoms with van der Waals surface area (Å²) in [7, 11) is 1.46. The zero-order valence-electron chi connectivity index (χ0n) is 18.0. The van der Waals surface area contributed by atoms with Crippen LogP contribution in [0.5, 0.6) is 0 Å². The van der Waals surface area contributed by atoms with Crippen LogP contribution in [0.4, 0.5) is 5.69 Å². The van der Waals surface area contributed by atoms with Gasteiger partial charge in [-0.3, -0.25) is 14.4 Å². The number of aryl methyl sites for hydroxylation is 1. The third kappa shape index (κ3) is 4.05. The van der Waals surface area contributed by atoms with E-state index in [1.165, 1.54) is 12.7 Å². The number of anilines is 1. The molecule has 31 heavy (non-hydrogen) atoms. The van der Waals surface area contributed by atoms with E-state index < -0.39 is 6.04 Å². The number of piperidine rings is 1. The van der Waals surface area contributed by atoms with Crippen LogP contribution in [-0.2, 0) is 14.3 Å². The summed E-state index contributed by atoms with van der Waals surface area (Å²) in [6.45, 7) is 4.51. The third-order valence-electron chi connectivity index (χ3n) is 6.23. The van der Waals surface area contributed by atoms with Gasteiger partial charge in [-0.25, -0.2) is 0 Å². The largest absolute Gasteiger partial charge is 0.375 e. The van der Waals surface area contributed by atoms with Crippen molar-refractivity contribution in [2.24, 2.45) is 0 Å². The van der Waals surface area contributed by atoms with Crippen LogP contribution in [0.2, 0.25) is 0 Å². The highest BCUT2D eigenvalue weighted by Crippen LogP contribution is 2.33. The van der Waals surface area contributed by atoms with E-state index in [9.17, 15) is 14.4 Å². The van der Waals surface area contributed by atoms with Crippen molar-refractivity contribution in [2.75, 3.05) is 25.6 Å². The number of benzene rings is 2. The molecule has 2 aliphatic rings. The second kappa shape index (κ2) is 8.51. The highest BCUT2D eigenvalue weighted by Gasteiger charge is 2.40. The molecule has 7 heteroatoms. The van der Waals surface area contributed by atoms with Crippen molar-refractivity contribution < 1.29 is 19.1 Å². The van der Waals surface area contributed by atoms with Gasteiger partial charge in [-0.05, 0) is 61.1 Å². The van der Waals surface area contributed by atoms with Gasteiger partial charge in [0.2, 0.25) is 11.8 Å². The van der Waals surface area contributed by atoms with Crippen LogP contribution in [-0.4, -0.2) is 55.0 Å². The lowest BCUT2D eigenvalue weighted by Gasteiger charge is -2.37. The molecule has 0 aromatic heterocycles. The first-order valence-corrected chi connectivity index (χ1v) is 10.5. The molecule has 0 bridgehead atoms. The zero-order chi connectivity index (χ0) is 22.1. The van der Waals surface area contributed by atoms with Gasteiger partial charge in [-0.2, -0.15) is 0 Å². The number of fused-ring (bicyclic) bond motifs is 2. The Labute approximate surface area is 181 Å². The number of amides is 3. The minimum atomic E-state index is -0.620. The molecule has 2 aliphatic heterocycles. The molecule has 0 spiro atoms. The Morgan fingerprint density at radius 3 is 2.77 bits per heavy atom. The van der Waals surface area contributed by atoms with Gasteiger partial charge >= 0.3 is 0 Å². The first kappa shape index (κ1) is 21.1. The molecular formula is C24H27N3O4. The number of nitrogens with one attached hydrogen (secondary N) is 2. The van der Waals surface area contributed by atoms with Gasteiger partial charge < -0.3 is 20.3 Å². The van der Waals surface area contributed by atoms with Gasteiger partial charge in [-0.15, -0.1) is 0 Å². The first-order chi connectivity index (χ1) is 14.9. The maximum absolute atomic E-state index is 13.4. The highest BCUT2D eigenvalue weighted by molar-refractivity contribution is 6.10. The molecule has 0 saturated carbocycles. The van der Waals surface area contributed by atoms with E-state index >= 15 is 0 Å². The van der Waals surface area contributed by atoms with Gasteiger partial charge in [0.25, 0.3) is 5.91 Å². The normalized spacial score (nSPS) is 20.4. The minimum Gasteiger partial charge on any atom is -0.375 e. The van der Waals surface area contributed by atoms with Crippen molar-refractivity contribution in [1.29, 1.82) is 0 Å². The zero-order valence-corrected chi connectivity index (χ0v) is 18.0. The smallest absolute Gasteiger partial charge is 0.256 e. The molecule has 2 atom stereocenters. The summed E-state index contributed by atoms with van der Waals surface area (Å²) in [6.07, 6.45) is 0.974. The quantitative estimate of drug-likeness (QED) is 0.795. The van der Waals surface area contributed by atoms with E-state index in [4.69, 9.17) is 4.74 Å². The average Bonchev–Trinajstić information content (AvgIpc) is 2.85. The van der Waals surface area contributed by atoms with Crippen molar-refractivity contribution in [3.05, 3.63) is 53.1 Å². The van der Waals surface area contributed by atoms with Crippen molar-refractivity contribution in [3.8, 4) is 11.1 Å². The number of rotatable bonds is 4. The van der Waals surface area contributed by atoms with Gasteiger partial charge in [0, 0.05) is 19.7 Å². The summed E-state index contributed by atoms with van der Waals surface area (Å²) >= 11 is 0. The molecule has 7 nitrogen and oxygen atoms in total. The Bertz CT molecular complexity index is 1050. The fourth-order valence-electron chi connectivity index (χ4n) is 4.42. The predicted molar refractivity (Wildman–Crippen MR) is 118 cm³/mol. The summed E-state index contributed by atoms with van der Waals surface area (Å²) in [5.41, 5.74) is 5.39. The number of hydrogen-bond acceptors (Lipinski definition) is 4. The number of methoxy groups -OCH3 is 1. The fraction of sp³-hybridized carbons (Fsp3) is 0.375. The van der Waals surface area contributed by atoms with Crippen molar-refractivity contribution in [1.82, 2.24) is 10.2 Å². The topological polar surface area (TPSA) is 87.7 Å². The van der Waals surface area contributed by atoms with Crippen LogP contribution in [0.3, 0.4) is 0 Å². The predicted octanol–water partition coefficient (Wildman–Crippen LogP) is 2.66. The SMILES string of the molecule is COCC(=O)N[C@H]1CCN2C(=O)c3cc(-c4cccc(C)c4C)ccc3NC(=O)[C@@H]2C1. The van der Waals surface area contributed by atoms with E-state index in [1.54, 1.807) is 11.0 Å². The molecule has 1 fully saturated rings. The lowest BCUT2D eigenvalue weighted by Crippen LogP contribution is -2.55. The molecule has 2 N–H and O–H groups in total. The monoisotopic (exact) mass is 421 g/mol. The van der Waals surface area contributed by atoms with Crippen LogP contribution in [0.25, 0.3) is 11.1 Å². The molecule has 0 aliphatic carbocycles. The van der Waals surface area contributed by atoms with Crippen LogP contribution < -0.4 is 10.6 Å². The standard InChI is InChI=1S/C24H27N3O4/c1-14-5-4-6-18(15(14)2)16-7-8-20-19(11-16)24(30)27-10-9-17(25-22(28)13-31-3)12-21(27)23(29)26-20/h4-8,11,17,21H,9-10,12-13H2,1-3H3,(H,25,28)(H,26,29)/t17-,21-/m0/s1. The summed E-state index contributed by atoms with van der Waals surface area (Å²) in [6, 6.07) is 10.9. The van der Waals surface area contributed by atoms with Crippen molar-refractivity contribution >= 4 is 23.4 Å². The fourth-order valence-corrected chi connectivity index (χ4v) is 4.42. The number of ether oxygens (including phenoxy) is 1. The number of nitrogens with zero attached hydrogens (tertiary/aromatic N) is 1. The molecular weight excluding hydrogens is 394 g/mol. The maximum Gasteiger partial charge on any atom is 0.256 e. The molecule has 1 saturated heterocycles. The van der Waals surface area contributed by atoms with Crippen molar-refractivity contribution in [3.63, 3.8) is 0 Å². The summed E-state index contributed by atoms with van der Waals surface area (Å²) in [5, 5.41) is 5.81. The van der Waals surface area contributed by atoms with Gasteiger partial charge in [0.1, 0.15) is 12.6 Å². The van der Waals surface area contributed by atoms with Crippen LogP contribution in [0.15, 0.2) is 36.4 Å². The van der Waals surface area contributed by atoms with E-state index in [0.29, 0.717) is 30.6 Å². The highest BCUT2D eigenvalue weighted by atomic mass is 16.5. The molecule has 4 rings (SSSR count). The molecule has 0 unspecified atom stereocenters. The summed E-state index contributed by atoms with van der Waals surface area (Å²) in [4.78, 5) is 39.8. The van der Waals surface area contributed by atoms with Gasteiger partial charge in [-0.1, -0.05) is 24.3 Å². The lowest BCUT2D eigenvalue weighted by atomic mass is 9.94. The number of hydrogen-bond donors (Lipinski definition) is 2. The average molecular weight is 421 g/mol. The van der Waals surface area contributed by atoms with E-state index in [2.05, 4.69) is 30.5 Å². The van der Waals surface area contributed by atoms with Crippen LogP contribution >= 0.6 is 0 Å². The van der Waals surface area contributed by atoms with Crippen LogP contribution in [0, 0.1) is 13.8 Å². The Kier molecular flexibility index (Phi) is 5.78. The second-order valence-corrected chi connectivity index (χ2v) is 8.23. The Morgan fingerprint density at radius 2 is 2.00 bits per heavy atom. The maximum atomic E-state index is 13.4. The Hall–Kier alpha value is -3.19. The summed E-state index contributed by atoms with van der Waals surface area (Å²) in [5.74, 6) is -0.604. The number of carbonyl (C=O) groups is 3. The summed E-state index contributed by atoms with van der Waals surface area (Å²) < 4.78 is 4.86. The third-order valence-corrected chi connectivity index (χ3v) is 6.23. The molecule has 0 radical (unpaired) electrons. The Morgan fingerprint density at radius 1 is 1.19 bits per heavy atom. The van der Waals surface area contributed by atoms with E-state index in [0.717, 1.165) is 16.7 Å². The number of carbonyl (C=O) groups excluding carboxylic acids is 3. The molecule has 2 aromatic rings. The molecule has 2 aromatic carbocycles. The molecule has 3 amide bonds. The van der Waals surface area contributed by atoms with E-state index in [1.807, 2.05) is 24.3 Å². The Balaban J connectivity index is 1.62. The van der Waals surface area contributed by atoms with Gasteiger partial charge in [0.15, 0.2) is 0 Å². The molecule has 2 heterocycles. The first-order valence-electron chi connectivity index (χ1n) is 10.5. The minimum absolute atomic E-state index is 0.0252. The van der Waals surface area contributed by atoms with Crippen molar-refractivity contribution in [2.45, 2.75) is 38.8 Å². The second-order valence-electron chi connectivity index (χ2n) is 8.23. The van der Waals surface area contributed by atoms with Gasteiger partial charge in [0.05, 0.1) is 11.3 Å². The molecule has 162 valence electrons. The van der Waals surface area contributed by atoms with Crippen LogP contribution in [0.1, 0.15) is 34.3 Å². The lowest BCUT2D eigenvalue weighted by molar-refractivity contribution is -0.127. The van der Waals surface area contributed by atoms with E-state index in [-0.39, 0.29) is 30.4 Å².